The first-order valence-electron chi connectivity index (χ1n) is 4.58. The molecule has 0 saturated heterocycles. The molecule has 0 amide bonds. The first-order valence-corrected chi connectivity index (χ1v) is 4.58. The van der Waals surface area contributed by atoms with Gasteiger partial charge in [0, 0.05) is 0 Å². The van der Waals surface area contributed by atoms with Gasteiger partial charge in [-0.05, 0) is 20.8 Å². The Labute approximate surface area is 116 Å². The summed E-state index contributed by atoms with van der Waals surface area (Å²) in [4.78, 5) is 0. The maximum atomic E-state index is 8.92. The molecule has 4 nitrogen and oxygen atoms in total. The normalized spacial score (nSPS) is 16.9. The van der Waals surface area contributed by atoms with E-state index >= 15 is 0 Å². The summed E-state index contributed by atoms with van der Waals surface area (Å²) in [5, 5.41) is 17.6. The summed E-state index contributed by atoms with van der Waals surface area (Å²) >= 11 is 0. The molecule has 84 valence electrons. The monoisotopic (exact) mass is 234 g/mol. The molecule has 0 aromatic heterocycles. The number of rotatable bonds is 7. The van der Waals surface area contributed by atoms with Crippen molar-refractivity contribution in [3.63, 3.8) is 0 Å². The molecule has 3 atom stereocenters. The molecule has 0 aliphatic rings. The van der Waals surface area contributed by atoms with E-state index in [4.69, 9.17) is 19.7 Å². The van der Waals surface area contributed by atoms with E-state index < -0.39 is 6.10 Å². The Morgan fingerprint density at radius 1 is 1.00 bits per heavy atom. The fourth-order valence-corrected chi connectivity index (χ4v) is 0.704. The molecule has 3 unspecified atom stereocenters. The number of aliphatic hydroxyl groups is 2. The molecule has 0 aromatic rings. The van der Waals surface area contributed by atoms with Crippen LogP contribution < -0.4 is 0 Å². The van der Waals surface area contributed by atoms with E-state index in [9.17, 15) is 0 Å². The third-order valence-electron chi connectivity index (χ3n) is 1.49. The van der Waals surface area contributed by atoms with E-state index in [1.807, 2.05) is 6.92 Å². The maximum absolute atomic E-state index is 8.92. The van der Waals surface area contributed by atoms with Gasteiger partial charge in [-0.1, -0.05) is 0 Å². The SMILES string of the molecule is CC(O)COC(C)COC(C)CO.[CaH2]. The molecule has 0 bridgehead atoms. The van der Waals surface area contributed by atoms with Gasteiger partial charge in [-0.15, -0.1) is 0 Å². The Kier molecular flexibility index (Phi) is 13.3. The van der Waals surface area contributed by atoms with E-state index in [1.54, 1.807) is 13.8 Å². The molecule has 0 fully saturated rings. The predicted octanol–water partition coefficient (Wildman–Crippen LogP) is -0.746. The second-order valence-electron chi connectivity index (χ2n) is 3.32. The van der Waals surface area contributed by atoms with Crippen LogP contribution in [0.1, 0.15) is 20.8 Å². The van der Waals surface area contributed by atoms with E-state index in [2.05, 4.69) is 0 Å². The summed E-state index contributed by atoms with van der Waals surface area (Å²) in [7, 11) is 0. The van der Waals surface area contributed by atoms with Crippen LogP contribution in [0.5, 0.6) is 0 Å². The summed E-state index contributed by atoms with van der Waals surface area (Å²) in [5.41, 5.74) is 0. The van der Waals surface area contributed by atoms with Crippen LogP contribution in [0, 0.1) is 0 Å². The van der Waals surface area contributed by atoms with E-state index in [-0.39, 0.29) is 56.6 Å². The minimum absolute atomic E-state index is 0. The van der Waals surface area contributed by atoms with E-state index in [1.165, 1.54) is 0 Å². The molecule has 0 radical (unpaired) electrons. The van der Waals surface area contributed by atoms with Crippen molar-refractivity contribution >= 4 is 37.7 Å². The van der Waals surface area contributed by atoms with Gasteiger partial charge in [0.25, 0.3) is 0 Å². The van der Waals surface area contributed by atoms with Crippen LogP contribution in [0.25, 0.3) is 0 Å². The second kappa shape index (κ2) is 10.6. The van der Waals surface area contributed by atoms with Crippen molar-refractivity contribution in [2.45, 2.75) is 39.1 Å². The van der Waals surface area contributed by atoms with Crippen LogP contribution in [-0.2, 0) is 9.47 Å². The molecule has 0 rings (SSSR count). The Balaban J connectivity index is 0. The van der Waals surface area contributed by atoms with Gasteiger partial charge < -0.3 is 19.7 Å². The Morgan fingerprint density at radius 2 is 1.50 bits per heavy atom. The van der Waals surface area contributed by atoms with Gasteiger partial charge in [-0.25, -0.2) is 0 Å². The molecule has 5 heteroatoms. The van der Waals surface area contributed by atoms with Crippen molar-refractivity contribution < 1.29 is 19.7 Å². The number of hydrogen-bond acceptors (Lipinski definition) is 4. The summed E-state index contributed by atoms with van der Waals surface area (Å²) in [6.07, 6.45) is -0.654. The fraction of sp³-hybridized carbons (Fsp3) is 1.00. The van der Waals surface area contributed by atoms with Crippen molar-refractivity contribution in [1.82, 2.24) is 0 Å². The van der Waals surface area contributed by atoms with Gasteiger partial charge in [0.2, 0.25) is 0 Å². The summed E-state index contributed by atoms with van der Waals surface area (Å²) in [6.45, 7) is 6.10. The number of ether oxygens (including phenoxy) is 2. The standard InChI is InChI=1S/C9H20O4.Ca.2H/c1-7(11)5-12-9(3)6-13-8(2)4-10;;;/h7-11H,4-6H2,1-3H3;;;. The molecule has 0 aliphatic carbocycles. The van der Waals surface area contributed by atoms with Crippen LogP contribution in [-0.4, -0.2) is 86.1 Å². The van der Waals surface area contributed by atoms with Gasteiger partial charge in [0.05, 0.1) is 38.1 Å². The molecule has 0 saturated carbocycles. The average molecular weight is 234 g/mol. The Morgan fingerprint density at radius 3 is 1.93 bits per heavy atom. The Bertz CT molecular complexity index is 121. The van der Waals surface area contributed by atoms with Gasteiger partial charge in [0.1, 0.15) is 0 Å². The molecule has 0 spiro atoms. The van der Waals surface area contributed by atoms with Crippen molar-refractivity contribution in [2.75, 3.05) is 19.8 Å². The van der Waals surface area contributed by atoms with Crippen LogP contribution >= 0.6 is 0 Å². The second-order valence-corrected chi connectivity index (χ2v) is 3.32. The van der Waals surface area contributed by atoms with Crippen molar-refractivity contribution in [1.29, 1.82) is 0 Å². The minimum atomic E-state index is -0.447. The van der Waals surface area contributed by atoms with Crippen LogP contribution in [0.3, 0.4) is 0 Å². The van der Waals surface area contributed by atoms with E-state index in [0.717, 1.165) is 0 Å². The van der Waals surface area contributed by atoms with Crippen molar-refractivity contribution in [3.8, 4) is 0 Å². The van der Waals surface area contributed by atoms with Crippen molar-refractivity contribution in [3.05, 3.63) is 0 Å². The summed E-state index contributed by atoms with van der Waals surface area (Å²) < 4.78 is 10.5. The molecular weight excluding hydrogens is 212 g/mol. The molecule has 0 aliphatic heterocycles. The first-order chi connectivity index (χ1) is 6.06. The molecular formula is C9H22CaO4. The number of aliphatic hydroxyl groups excluding tert-OH is 2. The van der Waals surface area contributed by atoms with Gasteiger partial charge in [0.15, 0.2) is 0 Å². The molecule has 0 aromatic carbocycles. The fourth-order valence-electron chi connectivity index (χ4n) is 0.704. The van der Waals surface area contributed by atoms with Crippen LogP contribution in [0.2, 0.25) is 0 Å². The Hall–Kier alpha value is 1.10. The average Bonchev–Trinajstić information content (AvgIpc) is 2.10. The summed E-state index contributed by atoms with van der Waals surface area (Å²) in [5.74, 6) is 0. The van der Waals surface area contributed by atoms with Gasteiger partial charge >= 0.3 is 37.7 Å². The molecule has 14 heavy (non-hydrogen) atoms. The zero-order valence-electron chi connectivity index (χ0n) is 8.56. The van der Waals surface area contributed by atoms with Gasteiger partial charge in [-0.3, -0.25) is 0 Å². The van der Waals surface area contributed by atoms with Gasteiger partial charge in [-0.2, -0.15) is 0 Å². The molecule has 0 heterocycles. The topological polar surface area (TPSA) is 58.9 Å². The number of hydrogen-bond donors (Lipinski definition) is 2. The zero-order chi connectivity index (χ0) is 10.3. The first kappa shape index (κ1) is 17.5. The third kappa shape index (κ3) is 11.2. The predicted molar refractivity (Wildman–Crippen MR) is 58.1 cm³/mol. The third-order valence-corrected chi connectivity index (χ3v) is 1.49. The van der Waals surface area contributed by atoms with Crippen LogP contribution in [0.15, 0.2) is 0 Å². The van der Waals surface area contributed by atoms with E-state index in [0.29, 0.717) is 13.2 Å². The zero-order valence-corrected chi connectivity index (χ0v) is 8.56. The van der Waals surface area contributed by atoms with Crippen molar-refractivity contribution in [2.24, 2.45) is 0 Å². The summed E-state index contributed by atoms with van der Waals surface area (Å²) in [6, 6.07) is 0. The molecule has 2 N–H and O–H groups in total. The quantitative estimate of drug-likeness (QED) is 0.569. The van der Waals surface area contributed by atoms with Crippen LogP contribution in [0.4, 0.5) is 0 Å².